The summed E-state index contributed by atoms with van der Waals surface area (Å²) in [5, 5.41) is 0. The van der Waals surface area contributed by atoms with Gasteiger partial charge < -0.3 is 14.9 Å². The lowest BCUT2D eigenvalue weighted by atomic mass is 10.1. The normalized spacial score (nSPS) is 22.2. The number of rotatable bonds is 6. The van der Waals surface area contributed by atoms with Crippen molar-refractivity contribution < 1.29 is 9.15 Å². The Kier molecular flexibility index (Phi) is 4.59. The molecule has 2 unspecified atom stereocenters. The first-order valence-electron chi connectivity index (χ1n) is 6.44. The van der Waals surface area contributed by atoms with E-state index in [9.17, 15) is 0 Å². The van der Waals surface area contributed by atoms with Gasteiger partial charge in [0, 0.05) is 19.7 Å². The van der Waals surface area contributed by atoms with Crippen LogP contribution >= 0.6 is 0 Å². The highest BCUT2D eigenvalue weighted by Crippen LogP contribution is 2.22. The average molecular weight is 238 g/mol. The van der Waals surface area contributed by atoms with E-state index in [4.69, 9.17) is 14.9 Å². The van der Waals surface area contributed by atoms with Gasteiger partial charge in [-0.25, -0.2) is 0 Å². The molecule has 4 heteroatoms. The summed E-state index contributed by atoms with van der Waals surface area (Å²) in [5.74, 6) is 0.951. The van der Waals surface area contributed by atoms with E-state index in [0.29, 0.717) is 12.6 Å². The Morgan fingerprint density at radius 1 is 1.59 bits per heavy atom. The number of nitrogens with zero attached hydrogens (tertiary/aromatic N) is 1. The van der Waals surface area contributed by atoms with Crippen LogP contribution in [0.2, 0.25) is 0 Å². The van der Waals surface area contributed by atoms with Gasteiger partial charge in [-0.15, -0.1) is 0 Å². The molecule has 2 heterocycles. The van der Waals surface area contributed by atoms with Gasteiger partial charge in [0.1, 0.15) is 5.76 Å². The molecule has 0 spiro atoms. The monoisotopic (exact) mass is 238 g/mol. The minimum atomic E-state index is 0.166. The highest BCUT2D eigenvalue weighted by Gasteiger charge is 2.25. The quantitative estimate of drug-likeness (QED) is 0.820. The first kappa shape index (κ1) is 12.6. The number of likely N-dealkylation sites (N-methyl/N-ethyl adjacent to an activating group) is 1. The second-order valence-corrected chi connectivity index (χ2v) is 4.49. The summed E-state index contributed by atoms with van der Waals surface area (Å²) in [5.41, 5.74) is 5.87. The molecule has 1 aromatic heterocycles. The molecule has 4 nitrogen and oxygen atoms in total. The van der Waals surface area contributed by atoms with E-state index in [0.717, 1.165) is 31.9 Å². The first-order valence-corrected chi connectivity index (χ1v) is 6.44. The molecule has 0 radical (unpaired) electrons. The Hall–Kier alpha value is -0.840. The first-order chi connectivity index (χ1) is 8.35. The van der Waals surface area contributed by atoms with E-state index in [1.165, 1.54) is 6.42 Å². The number of nitrogens with two attached hydrogens (primary N) is 1. The Balaban J connectivity index is 1.99. The average Bonchev–Trinajstić information content (AvgIpc) is 3.00. The van der Waals surface area contributed by atoms with Crippen LogP contribution < -0.4 is 5.73 Å². The summed E-state index contributed by atoms with van der Waals surface area (Å²) < 4.78 is 11.2. The van der Waals surface area contributed by atoms with Gasteiger partial charge >= 0.3 is 0 Å². The molecular formula is C13H22N2O2. The van der Waals surface area contributed by atoms with Crippen LogP contribution in [0.5, 0.6) is 0 Å². The van der Waals surface area contributed by atoms with E-state index in [1.807, 2.05) is 12.1 Å². The maximum absolute atomic E-state index is 5.87. The Morgan fingerprint density at radius 2 is 2.47 bits per heavy atom. The summed E-state index contributed by atoms with van der Waals surface area (Å²) in [6.45, 7) is 5.53. The van der Waals surface area contributed by atoms with Crippen LogP contribution in [0.3, 0.4) is 0 Å². The van der Waals surface area contributed by atoms with Crippen molar-refractivity contribution in [3.8, 4) is 0 Å². The smallest absolute Gasteiger partial charge is 0.122 e. The number of furan rings is 1. The van der Waals surface area contributed by atoms with E-state index in [2.05, 4.69) is 11.8 Å². The van der Waals surface area contributed by atoms with Crippen molar-refractivity contribution in [2.75, 3.05) is 26.2 Å². The van der Waals surface area contributed by atoms with E-state index < -0.39 is 0 Å². The number of hydrogen-bond donors (Lipinski definition) is 1. The summed E-state index contributed by atoms with van der Waals surface area (Å²) in [4.78, 5) is 2.34. The number of ether oxygens (including phenoxy) is 1. The van der Waals surface area contributed by atoms with Crippen LogP contribution in [-0.2, 0) is 4.74 Å². The third-order valence-electron chi connectivity index (χ3n) is 3.40. The van der Waals surface area contributed by atoms with Crippen LogP contribution in [0, 0.1) is 0 Å². The molecule has 1 fully saturated rings. The minimum Gasteiger partial charge on any atom is -0.468 e. The van der Waals surface area contributed by atoms with Gasteiger partial charge in [-0.1, -0.05) is 6.92 Å². The molecule has 2 atom stereocenters. The zero-order chi connectivity index (χ0) is 12.1. The molecule has 0 saturated carbocycles. The second kappa shape index (κ2) is 6.19. The molecule has 0 bridgehead atoms. The Morgan fingerprint density at radius 3 is 3.00 bits per heavy atom. The van der Waals surface area contributed by atoms with Crippen LogP contribution in [-0.4, -0.2) is 37.2 Å². The van der Waals surface area contributed by atoms with Gasteiger partial charge in [0.05, 0.1) is 18.4 Å². The largest absolute Gasteiger partial charge is 0.468 e. The highest BCUT2D eigenvalue weighted by atomic mass is 16.5. The number of hydrogen-bond acceptors (Lipinski definition) is 4. The SMILES string of the molecule is CCN(CC1CCCO1)C(CN)c1ccco1. The molecule has 17 heavy (non-hydrogen) atoms. The Labute approximate surface area is 103 Å². The third kappa shape index (κ3) is 3.09. The van der Waals surface area contributed by atoms with E-state index >= 15 is 0 Å². The van der Waals surface area contributed by atoms with Crippen molar-refractivity contribution in [2.24, 2.45) is 5.73 Å². The van der Waals surface area contributed by atoms with Crippen molar-refractivity contribution in [3.05, 3.63) is 24.2 Å². The third-order valence-corrected chi connectivity index (χ3v) is 3.40. The lowest BCUT2D eigenvalue weighted by Gasteiger charge is -2.30. The van der Waals surface area contributed by atoms with Crippen molar-refractivity contribution in [1.29, 1.82) is 0 Å². The predicted octanol–water partition coefficient (Wildman–Crippen LogP) is 1.78. The van der Waals surface area contributed by atoms with Crippen LogP contribution in [0.4, 0.5) is 0 Å². The fourth-order valence-electron chi connectivity index (χ4n) is 2.45. The van der Waals surface area contributed by atoms with Crippen molar-refractivity contribution in [3.63, 3.8) is 0 Å². The summed E-state index contributed by atoms with van der Waals surface area (Å²) in [7, 11) is 0. The van der Waals surface area contributed by atoms with Crippen LogP contribution in [0.25, 0.3) is 0 Å². The molecule has 0 aromatic carbocycles. The van der Waals surface area contributed by atoms with Gasteiger partial charge in [0.25, 0.3) is 0 Å². The molecule has 2 rings (SSSR count). The lowest BCUT2D eigenvalue weighted by molar-refractivity contribution is 0.0562. The molecule has 0 aliphatic carbocycles. The van der Waals surface area contributed by atoms with Gasteiger partial charge in [0.2, 0.25) is 0 Å². The summed E-state index contributed by atoms with van der Waals surface area (Å²) in [6.07, 6.45) is 4.40. The maximum Gasteiger partial charge on any atom is 0.122 e. The summed E-state index contributed by atoms with van der Waals surface area (Å²) >= 11 is 0. The van der Waals surface area contributed by atoms with Crippen molar-refractivity contribution in [1.82, 2.24) is 4.90 Å². The molecule has 1 aromatic rings. The zero-order valence-corrected chi connectivity index (χ0v) is 10.5. The van der Waals surface area contributed by atoms with E-state index in [-0.39, 0.29) is 6.04 Å². The summed E-state index contributed by atoms with van der Waals surface area (Å²) in [6, 6.07) is 4.08. The zero-order valence-electron chi connectivity index (χ0n) is 10.5. The minimum absolute atomic E-state index is 0.166. The van der Waals surface area contributed by atoms with Crippen molar-refractivity contribution in [2.45, 2.75) is 31.9 Å². The standard InChI is InChI=1S/C13H22N2O2/c1-2-15(10-11-5-3-7-16-11)12(9-14)13-6-4-8-17-13/h4,6,8,11-12H,2-3,5,7,9-10,14H2,1H3. The van der Waals surface area contributed by atoms with Gasteiger partial charge in [0.15, 0.2) is 0 Å². The van der Waals surface area contributed by atoms with Crippen LogP contribution in [0.1, 0.15) is 31.6 Å². The van der Waals surface area contributed by atoms with E-state index in [1.54, 1.807) is 6.26 Å². The second-order valence-electron chi connectivity index (χ2n) is 4.49. The lowest BCUT2D eigenvalue weighted by Crippen LogP contribution is -2.38. The van der Waals surface area contributed by atoms with Crippen LogP contribution in [0.15, 0.2) is 22.8 Å². The highest BCUT2D eigenvalue weighted by molar-refractivity contribution is 5.05. The van der Waals surface area contributed by atoms with Crippen molar-refractivity contribution >= 4 is 0 Å². The molecular weight excluding hydrogens is 216 g/mol. The fourth-order valence-corrected chi connectivity index (χ4v) is 2.45. The predicted molar refractivity (Wildman–Crippen MR) is 66.7 cm³/mol. The molecule has 1 aliphatic heterocycles. The topological polar surface area (TPSA) is 51.6 Å². The fraction of sp³-hybridized carbons (Fsp3) is 0.692. The molecule has 1 saturated heterocycles. The molecule has 0 amide bonds. The molecule has 2 N–H and O–H groups in total. The maximum atomic E-state index is 5.87. The van der Waals surface area contributed by atoms with Gasteiger partial charge in [-0.3, -0.25) is 4.90 Å². The van der Waals surface area contributed by atoms with Gasteiger partial charge in [-0.05, 0) is 31.5 Å². The van der Waals surface area contributed by atoms with Gasteiger partial charge in [-0.2, -0.15) is 0 Å². The Bertz CT molecular complexity index is 307. The molecule has 96 valence electrons. The molecule has 1 aliphatic rings.